The van der Waals surface area contributed by atoms with Crippen molar-refractivity contribution in [2.45, 2.75) is 19.0 Å². The molecule has 0 atom stereocenters. The van der Waals surface area contributed by atoms with Crippen molar-refractivity contribution in [3.63, 3.8) is 0 Å². The van der Waals surface area contributed by atoms with Gasteiger partial charge in [0.15, 0.2) is 0 Å². The first kappa shape index (κ1) is 16.6. The molecule has 126 valence electrons. The van der Waals surface area contributed by atoms with Crippen LogP contribution in [0.1, 0.15) is 18.4 Å². The van der Waals surface area contributed by atoms with Crippen LogP contribution in [0.3, 0.4) is 0 Å². The summed E-state index contributed by atoms with van der Waals surface area (Å²) in [5.41, 5.74) is 0.609. The molecule has 0 spiro atoms. The number of benzene rings is 2. The van der Waals surface area contributed by atoms with E-state index in [1.54, 1.807) is 24.3 Å². The summed E-state index contributed by atoms with van der Waals surface area (Å²) in [6.45, 7) is 0. The molecule has 24 heavy (non-hydrogen) atoms. The fourth-order valence-corrected chi connectivity index (χ4v) is 2.34. The Labute approximate surface area is 141 Å². The zero-order valence-electron chi connectivity index (χ0n) is 12.5. The van der Waals surface area contributed by atoms with E-state index >= 15 is 0 Å². The lowest BCUT2D eigenvalue weighted by atomic mass is 10.2. The molecule has 0 unspecified atom stereocenters. The van der Waals surface area contributed by atoms with Crippen molar-refractivity contribution in [2.24, 2.45) is 5.92 Å². The van der Waals surface area contributed by atoms with Gasteiger partial charge in [0, 0.05) is 17.3 Å². The van der Waals surface area contributed by atoms with Gasteiger partial charge in [-0.2, -0.15) is 13.2 Å². The molecular formula is C17H14ClF3N2O. The average Bonchev–Trinajstić information content (AvgIpc) is 3.35. The van der Waals surface area contributed by atoms with Crippen molar-refractivity contribution in [1.82, 2.24) is 0 Å². The molecule has 3 rings (SSSR count). The first-order chi connectivity index (χ1) is 11.3. The van der Waals surface area contributed by atoms with E-state index in [2.05, 4.69) is 10.6 Å². The number of rotatable bonds is 4. The Hall–Kier alpha value is -2.21. The maximum Gasteiger partial charge on any atom is 0.416 e. The molecule has 2 aromatic rings. The third kappa shape index (κ3) is 4.00. The van der Waals surface area contributed by atoms with Crippen LogP contribution in [0.25, 0.3) is 0 Å². The van der Waals surface area contributed by atoms with Crippen molar-refractivity contribution in [3.8, 4) is 0 Å². The SMILES string of the molecule is O=C(Nc1ccc(Nc2cc(C(F)(F)F)ccc2Cl)cc1)C1CC1. The minimum absolute atomic E-state index is 0.00312. The van der Waals surface area contributed by atoms with Gasteiger partial charge in [-0.15, -0.1) is 0 Å². The van der Waals surface area contributed by atoms with E-state index in [0.29, 0.717) is 11.4 Å². The van der Waals surface area contributed by atoms with Gasteiger partial charge in [-0.05, 0) is 55.3 Å². The van der Waals surface area contributed by atoms with Crippen molar-refractivity contribution < 1.29 is 18.0 Å². The van der Waals surface area contributed by atoms with E-state index in [-0.39, 0.29) is 22.5 Å². The molecule has 0 aliphatic heterocycles. The molecule has 2 N–H and O–H groups in total. The number of hydrogen-bond acceptors (Lipinski definition) is 2. The summed E-state index contributed by atoms with van der Waals surface area (Å²) in [4.78, 5) is 11.7. The lowest BCUT2D eigenvalue weighted by Crippen LogP contribution is -2.13. The second kappa shape index (κ2) is 6.36. The van der Waals surface area contributed by atoms with Gasteiger partial charge in [-0.1, -0.05) is 11.6 Å². The Morgan fingerprint density at radius 3 is 2.25 bits per heavy atom. The lowest BCUT2D eigenvalue weighted by Gasteiger charge is -2.13. The van der Waals surface area contributed by atoms with E-state index in [9.17, 15) is 18.0 Å². The number of amides is 1. The summed E-state index contributed by atoms with van der Waals surface area (Å²) < 4.78 is 38.3. The van der Waals surface area contributed by atoms with E-state index in [4.69, 9.17) is 11.6 Å². The van der Waals surface area contributed by atoms with Gasteiger partial charge in [0.05, 0.1) is 16.3 Å². The number of hydrogen-bond donors (Lipinski definition) is 2. The molecule has 7 heteroatoms. The number of halogens is 4. The topological polar surface area (TPSA) is 41.1 Å². The Balaban J connectivity index is 1.72. The lowest BCUT2D eigenvalue weighted by molar-refractivity contribution is -0.137. The van der Waals surface area contributed by atoms with E-state index in [1.807, 2.05) is 0 Å². The highest BCUT2D eigenvalue weighted by molar-refractivity contribution is 6.33. The number of alkyl halides is 3. The highest BCUT2D eigenvalue weighted by atomic mass is 35.5. The molecular weight excluding hydrogens is 341 g/mol. The van der Waals surface area contributed by atoms with E-state index in [1.165, 1.54) is 6.07 Å². The van der Waals surface area contributed by atoms with Gasteiger partial charge in [0.2, 0.25) is 5.91 Å². The zero-order valence-corrected chi connectivity index (χ0v) is 13.2. The molecule has 0 aromatic heterocycles. The highest BCUT2D eigenvalue weighted by Gasteiger charge is 2.31. The molecule has 1 aliphatic rings. The number of carbonyl (C=O) groups is 1. The Bertz CT molecular complexity index is 755. The molecule has 3 nitrogen and oxygen atoms in total. The van der Waals surface area contributed by atoms with Crippen LogP contribution in [-0.4, -0.2) is 5.91 Å². The van der Waals surface area contributed by atoms with Gasteiger partial charge in [-0.3, -0.25) is 4.79 Å². The fourth-order valence-electron chi connectivity index (χ4n) is 2.18. The standard InChI is InChI=1S/C17H14ClF3N2O/c18-14-8-3-11(17(19,20)21)9-15(14)22-12-4-6-13(7-5-12)23-16(24)10-1-2-10/h3-10,22H,1-2H2,(H,23,24). The fraction of sp³-hybridized carbons (Fsp3) is 0.235. The summed E-state index contributed by atoms with van der Waals surface area (Å²) in [6, 6.07) is 9.80. The monoisotopic (exact) mass is 354 g/mol. The minimum atomic E-state index is -4.43. The van der Waals surface area contributed by atoms with Crippen molar-refractivity contribution in [3.05, 3.63) is 53.1 Å². The van der Waals surface area contributed by atoms with Gasteiger partial charge >= 0.3 is 6.18 Å². The quantitative estimate of drug-likeness (QED) is 0.766. The van der Waals surface area contributed by atoms with E-state index < -0.39 is 11.7 Å². The molecule has 0 heterocycles. The smallest absolute Gasteiger partial charge is 0.354 e. The second-order valence-corrected chi connectivity index (χ2v) is 6.07. The maximum atomic E-state index is 12.8. The Kier molecular flexibility index (Phi) is 4.41. The Morgan fingerprint density at radius 2 is 1.67 bits per heavy atom. The third-order valence-electron chi connectivity index (χ3n) is 3.67. The van der Waals surface area contributed by atoms with Crippen LogP contribution in [0, 0.1) is 5.92 Å². The molecule has 0 radical (unpaired) electrons. The predicted octanol–water partition coefficient (Wildman–Crippen LogP) is 5.45. The number of anilines is 3. The van der Waals surface area contributed by atoms with Crippen LogP contribution in [0.4, 0.5) is 30.2 Å². The maximum absolute atomic E-state index is 12.8. The number of nitrogens with one attached hydrogen (secondary N) is 2. The van der Waals surface area contributed by atoms with E-state index in [0.717, 1.165) is 25.0 Å². The van der Waals surface area contributed by atoms with Crippen LogP contribution in [-0.2, 0) is 11.0 Å². The molecule has 2 aromatic carbocycles. The van der Waals surface area contributed by atoms with Crippen LogP contribution in [0.2, 0.25) is 5.02 Å². The van der Waals surface area contributed by atoms with Gasteiger partial charge in [-0.25, -0.2) is 0 Å². The predicted molar refractivity (Wildman–Crippen MR) is 87.5 cm³/mol. The zero-order chi connectivity index (χ0) is 17.3. The van der Waals surface area contributed by atoms with Crippen LogP contribution < -0.4 is 10.6 Å². The van der Waals surface area contributed by atoms with Crippen molar-refractivity contribution in [2.75, 3.05) is 10.6 Å². The molecule has 0 saturated heterocycles. The summed E-state index contributed by atoms with van der Waals surface area (Å²) in [7, 11) is 0. The summed E-state index contributed by atoms with van der Waals surface area (Å²) in [5.74, 6) is 0.100. The molecule has 1 fully saturated rings. The largest absolute Gasteiger partial charge is 0.416 e. The summed E-state index contributed by atoms with van der Waals surface area (Å²) >= 11 is 5.95. The van der Waals surface area contributed by atoms with Crippen molar-refractivity contribution in [1.29, 1.82) is 0 Å². The average molecular weight is 355 g/mol. The molecule has 0 bridgehead atoms. The van der Waals surface area contributed by atoms with Crippen LogP contribution >= 0.6 is 11.6 Å². The van der Waals surface area contributed by atoms with Gasteiger partial charge < -0.3 is 10.6 Å². The molecule has 1 aliphatic carbocycles. The summed E-state index contributed by atoms with van der Waals surface area (Å²) in [6.07, 6.45) is -2.60. The van der Waals surface area contributed by atoms with Crippen molar-refractivity contribution >= 4 is 34.6 Å². The third-order valence-corrected chi connectivity index (χ3v) is 4.00. The van der Waals surface area contributed by atoms with Crippen LogP contribution in [0.5, 0.6) is 0 Å². The molecule has 1 amide bonds. The first-order valence-electron chi connectivity index (χ1n) is 7.37. The summed E-state index contributed by atoms with van der Waals surface area (Å²) in [5, 5.41) is 5.84. The molecule has 1 saturated carbocycles. The van der Waals surface area contributed by atoms with Crippen LogP contribution in [0.15, 0.2) is 42.5 Å². The van der Waals surface area contributed by atoms with Gasteiger partial charge in [0.1, 0.15) is 0 Å². The first-order valence-corrected chi connectivity index (χ1v) is 7.75. The number of carbonyl (C=O) groups excluding carboxylic acids is 1. The minimum Gasteiger partial charge on any atom is -0.354 e. The van der Waals surface area contributed by atoms with Gasteiger partial charge in [0.25, 0.3) is 0 Å². The normalized spacial score (nSPS) is 14.3. The highest BCUT2D eigenvalue weighted by Crippen LogP contribution is 2.35. The Morgan fingerprint density at radius 1 is 1.04 bits per heavy atom. The second-order valence-electron chi connectivity index (χ2n) is 5.66.